The van der Waals surface area contributed by atoms with E-state index >= 15 is 0 Å². The molecule has 1 aromatic heterocycles. The van der Waals surface area contributed by atoms with Crippen LogP contribution in [0.25, 0.3) is 0 Å². The molecule has 22 heavy (non-hydrogen) atoms. The lowest BCUT2D eigenvalue weighted by Crippen LogP contribution is -2.39. The molecule has 2 aliphatic heterocycles. The van der Waals surface area contributed by atoms with Crippen molar-refractivity contribution in [2.75, 3.05) is 26.2 Å². The van der Waals surface area contributed by atoms with Crippen molar-refractivity contribution in [1.29, 1.82) is 0 Å². The number of carbonyl (C=O) groups is 1. The van der Waals surface area contributed by atoms with Crippen molar-refractivity contribution >= 4 is 17.2 Å². The summed E-state index contributed by atoms with van der Waals surface area (Å²) in [7, 11) is 0. The maximum Gasteiger partial charge on any atom is 0.222 e. The number of piperidine rings is 2. The molecular formula is C17H27N3OS. The fourth-order valence-electron chi connectivity index (χ4n) is 3.62. The van der Waals surface area contributed by atoms with Crippen LogP contribution in [0, 0.1) is 12.8 Å². The van der Waals surface area contributed by atoms with Gasteiger partial charge in [0.15, 0.2) is 0 Å². The summed E-state index contributed by atoms with van der Waals surface area (Å²) in [5, 5.41) is 6.72. The summed E-state index contributed by atoms with van der Waals surface area (Å²) in [4.78, 5) is 19.2. The van der Waals surface area contributed by atoms with E-state index in [0.29, 0.717) is 11.8 Å². The highest BCUT2D eigenvalue weighted by Crippen LogP contribution is 2.29. The van der Waals surface area contributed by atoms with Crippen LogP contribution >= 0.6 is 11.3 Å². The highest BCUT2D eigenvalue weighted by molar-refractivity contribution is 7.09. The summed E-state index contributed by atoms with van der Waals surface area (Å²) in [5.74, 6) is 1.55. The van der Waals surface area contributed by atoms with Crippen molar-refractivity contribution in [3.8, 4) is 0 Å². The number of rotatable bonds is 4. The van der Waals surface area contributed by atoms with E-state index in [1.165, 1.54) is 24.3 Å². The number of aryl methyl sites for hydroxylation is 1. The number of hydrogen-bond donors (Lipinski definition) is 1. The third-order valence-corrected chi connectivity index (χ3v) is 6.11. The molecule has 122 valence electrons. The fraction of sp³-hybridized carbons (Fsp3) is 0.765. The molecule has 2 aliphatic rings. The van der Waals surface area contributed by atoms with Gasteiger partial charge < -0.3 is 10.2 Å². The minimum absolute atomic E-state index is 0.358. The fourth-order valence-corrected chi connectivity index (χ4v) is 4.55. The molecule has 1 unspecified atom stereocenters. The van der Waals surface area contributed by atoms with Crippen LogP contribution in [0.1, 0.15) is 55.1 Å². The molecule has 2 fully saturated rings. The monoisotopic (exact) mass is 321 g/mol. The molecular weight excluding hydrogens is 294 g/mol. The molecule has 0 bridgehead atoms. The average Bonchev–Trinajstić information content (AvgIpc) is 3.00. The minimum Gasteiger partial charge on any atom is -0.342 e. The molecule has 3 rings (SSSR count). The summed E-state index contributed by atoms with van der Waals surface area (Å²) in [6.45, 7) is 6.09. The number of likely N-dealkylation sites (tertiary alicyclic amines) is 1. The van der Waals surface area contributed by atoms with Crippen molar-refractivity contribution < 1.29 is 4.79 Å². The molecule has 1 atom stereocenters. The summed E-state index contributed by atoms with van der Waals surface area (Å²) < 4.78 is 0. The summed E-state index contributed by atoms with van der Waals surface area (Å²) in [6, 6.07) is 0. The lowest BCUT2D eigenvalue weighted by Gasteiger charge is -2.32. The molecule has 1 aromatic rings. The summed E-state index contributed by atoms with van der Waals surface area (Å²) >= 11 is 1.75. The van der Waals surface area contributed by atoms with E-state index in [1.54, 1.807) is 11.3 Å². The standard InChI is InChI=1S/C17H27N3OS/c1-13-12-22-17(19-13)15-3-2-10-20(11-15)16(21)5-4-14-6-8-18-9-7-14/h12,14-15,18H,2-11H2,1H3. The van der Waals surface area contributed by atoms with Crippen LogP contribution in [0.5, 0.6) is 0 Å². The first kappa shape index (κ1) is 15.9. The van der Waals surface area contributed by atoms with E-state index in [0.717, 1.165) is 57.1 Å². The van der Waals surface area contributed by atoms with Crippen LogP contribution in [0.4, 0.5) is 0 Å². The quantitative estimate of drug-likeness (QED) is 0.927. The summed E-state index contributed by atoms with van der Waals surface area (Å²) in [6.07, 6.45) is 6.54. The van der Waals surface area contributed by atoms with E-state index in [4.69, 9.17) is 0 Å². The second kappa shape index (κ2) is 7.55. The Hall–Kier alpha value is -0.940. The zero-order valence-electron chi connectivity index (χ0n) is 13.5. The molecule has 4 nitrogen and oxygen atoms in total. The van der Waals surface area contributed by atoms with Crippen LogP contribution in [-0.2, 0) is 4.79 Å². The maximum atomic E-state index is 12.5. The molecule has 0 radical (unpaired) electrons. The van der Waals surface area contributed by atoms with Gasteiger partial charge in [0.05, 0.1) is 5.01 Å². The van der Waals surface area contributed by atoms with E-state index < -0.39 is 0 Å². The predicted octanol–water partition coefficient (Wildman–Crippen LogP) is 2.94. The molecule has 0 aliphatic carbocycles. The van der Waals surface area contributed by atoms with Crippen molar-refractivity contribution in [2.45, 2.75) is 51.4 Å². The number of nitrogens with one attached hydrogen (secondary N) is 1. The van der Waals surface area contributed by atoms with Crippen LogP contribution in [0.2, 0.25) is 0 Å². The number of thiazole rings is 1. The Morgan fingerprint density at radius 2 is 2.23 bits per heavy atom. The van der Waals surface area contributed by atoms with Crippen molar-refractivity contribution in [3.05, 3.63) is 16.1 Å². The average molecular weight is 321 g/mol. The Labute approximate surface area is 137 Å². The van der Waals surface area contributed by atoms with Crippen molar-refractivity contribution in [2.24, 2.45) is 5.92 Å². The van der Waals surface area contributed by atoms with Gasteiger partial charge >= 0.3 is 0 Å². The molecule has 0 spiro atoms. The number of aromatic nitrogens is 1. The lowest BCUT2D eigenvalue weighted by molar-refractivity contribution is -0.132. The van der Waals surface area contributed by atoms with Crippen molar-refractivity contribution in [1.82, 2.24) is 15.2 Å². The van der Waals surface area contributed by atoms with Gasteiger partial charge in [-0.15, -0.1) is 11.3 Å². The Kier molecular flexibility index (Phi) is 5.47. The first-order chi connectivity index (χ1) is 10.7. The number of hydrogen-bond acceptors (Lipinski definition) is 4. The Balaban J connectivity index is 1.49. The SMILES string of the molecule is Cc1csc(C2CCCN(C(=O)CCC3CCNCC3)C2)n1. The number of carbonyl (C=O) groups excluding carboxylic acids is 1. The van der Waals surface area contributed by atoms with Gasteiger partial charge in [0.2, 0.25) is 5.91 Å². The maximum absolute atomic E-state index is 12.5. The number of amides is 1. The van der Waals surface area contributed by atoms with Crippen LogP contribution in [-0.4, -0.2) is 42.0 Å². The van der Waals surface area contributed by atoms with Crippen LogP contribution in [0.3, 0.4) is 0 Å². The smallest absolute Gasteiger partial charge is 0.222 e. The third-order valence-electron chi connectivity index (χ3n) is 4.99. The first-order valence-corrected chi connectivity index (χ1v) is 9.51. The molecule has 0 aromatic carbocycles. The number of nitrogens with zero attached hydrogens (tertiary/aromatic N) is 2. The van der Waals surface area contributed by atoms with E-state index in [9.17, 15) is 4.79 Å². The summed E-state index contributed by atoms with van der Waals surface area (Å²) in [5.41, 5.74) is 1.11. The first-order valence-electron chi connectivity index (χ1n) is 8.63. The normalized spacial score (nSPS) is 23.7. The Morgan fingerprint density at radius 3 is 2.95 bits per heavy atom. The second-order valence-corrected chi connectivity index (χ2v) is 7.63. The zero-order chi connectivity index (χ0) is 15.4. The van der Waals surface area contributed by atoms with E-state index in [1.807, 2.05) is 6.92 Å². The predicted molar refractivity (Wildman–Crippen MR) is 90.2 cm³/mol. The van der Waals surface area contributed by atoms with Gasteiger partial charge in [0.25, 0.3) is 0 Å². The molecule has 2 saturated heterocycles. The van der Waals surface area contributed by atoms with E-state index in [2.05, 4.69) is 20.6 Å². The van der Waals surface area contributed by atoms with Gasteiger partial charge in [-0.05, 0) is 58.0 Å². The molecule has 1 N–H and O–H groups in total. The zero-order valence-corrected chi connectivity index (χ0v) is 14.3. The minimum atomic E-state index is 0.358. The lowest BCUT2D eigenvalue weighted by atomic mass is 9.92. The largest absolute Gasteiger partial charge is 0.342 e. The van der Waals surface area contributed by atoms with Crippen molar-refractivity contribution in [3.63, 3.8) is 0 Å². The molecule has 1 amide bonds. The highest BCUT2D eigenvalue weighted by atomic mass is 32.1. The topological polar surface area (TPSA) is 45.2 Å². The molecule has 3 heterocycles. The molecule has 0 saturated carbocycles. The van der Waals surface area contributed by atoms with Gasteiger partial charge in [-0.3, -0.25) is 4.79 Å². The third kappa shape index (κ3) is 4.07. The Bertz CT molecular complexity index is 496. The van der Waals surface area contributed by atoms with Gasteiger partial charge in [-0.2, -0.15) is 0 Å². The van der Waals surface area contributed by atoms with Gasteiger partial charge in [0.1, 0.15) is 0 Å². The Morgan fingerprint density at radius 1 is 1.41 bits per heavy atom. The van der Waals surface area contributed by atoms with Crippen LogP contribution in [0.15, 0.2) is 5.38 Å². The van der Waals surface area contributed by atoms with Gasteiger partial charge in [-0.25, -0.2) is 4.98 Å². The van der Waals surface area contributed by atoms with E-state index in [-0.39, 0.29) is 0 Å². The second-order valence-electron chi connectivity index (χ2n) is 6.74. The molecule has 5 heteroatoms. The highest BCUT2D eigenvalue weighted by Gasteiger charge is 2.26. The van der Waals surface area contributed by atoms with Crippen LogP contribution < -0.4 is 5.32 Å². The van der Waals surface area contributed by atoms with Gasteiger partial charge in [0, 0.05) is 36.5 Å². The van der Waals surface area contributed by atoms with Gasteiger partial charge in [-0.1, -0.05) is 0 Å².